The van der Waals surface area contributed by atoms with Crippen molar-refractivity contribution >= 4 is 11.0 Å². The van der Waals surface area contributed by atoms with Crippen LogP contribution in [-0.4, -0.2) is 9.55 Å². The summed E-state index contributed by atoms with van der Waals surface area (Å²) in [5.74, 6) is 0. The molecule has 0 aliphatic heterocycles. The number of nitriles is 1. The van der Waals surface area contributed by atoms with Crippen LogP contribution < -0.4 is 0 Å². The van der Waals surface area contributed by atoms with Gasteiger partial charge in [0.05, 0.1) is 11.1 Å². The maximum absolute atomic E-state index is 9.14. The Morgan fingerprint density at radius 1 is 1.17 bits per heavy atom. The van der Waals surface area contributed by atoms with Crippen molar-refractivity contribution in [3.63, 3.8) is 0 Å². The topological polar surface area (TPSA) is 41.6 Å². The van der Waals surface area contributed by atoms with Gasteiger partial charge in [-0.15, -0.1) is 0 Å². The third kappa shape index (κ3) is 1.56. The second kappa shape index (κ2) is 4.01. The van der Waals surface area contributed by atoms with Crippen LogP contribution in [0, 0.1) is 18.3 Å². The highest BCUT2D eigenvalue weighted by Crippen LogP contribution is 2.22. The first-order chi connectivity index (χ1) is 8.79. The molecule has 0 spiro atoms. The third-order valence-electron chi connectivity index (χ3n) is 2.95. The minimum absolute atomic E-state index is 0.625. The van der Waals surface area contributed by atoms with Crippen molar-refractivity contribution in [1.29, 1.82) is 5.26 Å². The normalized spacial score (nSPS) is 10.4. The summed E-state index contributed by atoms with van der Waals surface area (Å²) in [5.41, 5.74) is 4.47. The lowest BCUT2D eigenvalue weighted by atomic mass is 10.1. The van der Waals surface area contributed by atoms with E-state index in [1.165, 1.54) is 0 Å². The van der Waals surface area contributed by atoms with Crippen LogP contribution in [0.5, 0.6) is 0 Å². The van der Waals surface area contributed by atoms with E-state index in [1.807, 2.05) is 47.9 Å². The number of rotatable bonds is 1. The van der Waals surface area contributed by atoms with E-state index < -0.39 is 0 Å². The molecule has 3 rings (SSSR count). The van der Waals surface area contributed by atoms with Gasteiger partial charge in [0.2, 0.25) is 0 Å². The molecule has 0 aliphatic rings. The predicted octanol–water partition coefficient (Wildman–Crippen LogP) is 3.21. The van der Waals surface area contributed by atoms with Crippen LogP contribution in [0.15, 0.2) is 48.8 Å². The zero-order chi connectivity index (χ0) is 12.5. The van der Waals surface area contributed by atoms with Gasteiger partial charge >= 0.3 is 0 Å². The van der Waals surface area contributed by atoms with Gasteiger partial charge in [-0.1, -0.05) is 18.2 Å². The number of aryl methyl sites for hydroxylation is 1. The molecule has 3 aromatic rings. The molecule has 0 unspecified atom stereocenters. The fourth-order valence-electron chi connectivity index (χ4n) is 2.14. The van der Waals surface area contributed by atoms with Crippen molar-refractivity contribution < 1.29 is 0 Å². The lowest BCUT2D eigenvalue weighted by molar-refractivity contribution is 1.09. The molecule has 0 fully saturated rings. The quantitative estimate of drug-likeness (QED) is 0.647. The van der Waals surface area contributed by atoms with Gasteiger partial charge < -0.3 is 0 Å². The molecule has 3 heteroatoms. The molecule has 18 heavy (non-hydrogen) atoms. The summed E-state index contributed by atoms with van der Waals surface area (Å²) in [4.78, 5) is 4.35. The Balaban J connectivity index is 2.34. The van der Waals surface area contributed by atoms with Crippen molar-refractivity contribution in [3.8, 4) is 11.8 Å². The van der Waals surface area contributed by atoms with E-state index in [9.17, 15) is 0 Å². The Labute approximate surface area is 105 Å². The van der Waals surface area contributed by atoms with E-state index in [4.69, 9.17) is 5.26 Å². The van der Waals surface area contributed by atoms with E-state index in [0.717, 1.165) is 22.3 Å². The summed E-state index contributed by atoms with van der Waals surface area (Å²) in [6.45, 7) is 1.99. The highest BCUT2D eigenvalue weighted by molar-refractivity contribution is 5.83. The zero-order valence-corrected chi connectivity index (χ0v) is 9.96. The first-order valence-corrected chi connectivity index (χ1v) is 5.73. The van der Waals surface area contributed by atoms with Crippen LogP contribution in [0.2, 0.25) is 0 Å². The highest BCUT2D eigenvalue weighted by atomic mass is 15.0. The first kappa shape index (κ1) is 10.5. The van der Waals surface area contributed by atoms with E-state index in [0.29, 0.717) is 5.56 Å². The molecule has 86 valence electrons. The van der Waals surface area contributed by atoms with Crippen LogP contribution in [0.3, 0.4) is 0 Å². The second-order valence-electron chi connectivity index (χ2n) is 4.24. The number of benzene rings is 2. The second-order valence-corrected chi connectivity index (χ2v) is 4.24. The van der Waals surface area contributed by atoms with Crippen LogP contribution in [0.4, 0.5) is 0 Å². The standard InChI is InChI=1S/C15H11N3/c1-11-7-12(9-16)15-14(8-11)18(10-17-15)13-5-3-2-4-6-13/h2-8,10H,1H3. The molecule has 0 atom stereocenters. The SMILES string of the molecule is Cc1cc(C#N)c2ncn(-c3ccccc3)c2c1. The number of nitrogens with zero attached hydrogens (tertiary/aromatic N) is 3. The Hall–Kier alpha value is -2.60. The monoisotopic (exact) mass is 233 g/mol. The number of aromatic nitrogens is 2. The molecule has 0 bridgehead atoms. The summed E-state index contributed by atoms with van der Waals surface area (Å²) in [6, 6.07) is 16.1. The molecular weight excluding hydrogens is 222 g/mol. The van der Waals surface area contributed by atoms with Crippen LogP contribution >= 0.6 is 0 Å². The van der Waals surface area contributed by atoms with E-state index in [-0.39, 0.29) is 0 Å². The third-order valence-corrected chi connectivity index (χ3v) is 2.95. The van der Waals surface area contributed by atoms with E-state index in [2.05, 4.69) is 17.1 Å². The average Bonchev–Trinajstić information content (AvgIpc) is 2.82. The van der Waals surface area contributed by atoms with Gasteiger partial charge in [0, 0.05) is 5.69 Å². The molecule has 0 aliphatic carbocycles. The largest absolute Gasteiger partial charge is 0.299 e. The molecule has 0 amide bonds. The Morgan fingerprint density at radius 3 is 2.67 bits per heavy atom. The molecular formula is C15H11N3. The summed E-state index contributed by atoms with van der Waals surface area (Å²) in [5, 5.41) is 9.14. The lowest BCUT2D eigenvalue weighted by Gasteiger charge is -2.04. The van der Waals surface area contributed by atoms with Gasteiger partial charge in [0.15, 0.2) is 0 Å². The molecule has 1 aromatic heterocycles. The van der Waals surface area contributed by atoms with Gasteiger partial charge in [0.25, 0.3) is 0 Å². The molecule has 0 saturated carbocycles. The Kier molecular flexibility index (Phi) is 2.35. The number of imidazole rings is 1. The summed E-state index contributed by atoms with van der Waals surface area (Å²) < 4.78 is 2.00. The van der Waals surface area contributed by atoms with Crippen molar-refractivity contribution in [2.75, 3.05) is 0 Å². The molecule has 3 nitrogen and oxygen atoms in total. The van der Waals surface area contributed by atoms with Crippen LogP contribution in [0.25, 0.3) is 16.7 Å². The van der Waals surface area contributed by atoms with Crippen molar-refractivity contribution in [3.05, 3.63) is 59.9 Å². The smallest absolute Gasteiger partial charge is 0.107 e. The summed E-state index contributed by atoms with van der Waals surface area (Å²) in [6.07, 6.45) is 1.76. The fraction of sp³-hybridized carbons (Fsp3) is 0.0667. The minimum Gasteiger partial charge on any atom is -0.299 e. The molecule has 1 heterocycles. The van der Waals surface area contributed by atoms with Crippen molar-refractivity contribution in [2.24, 2.45) is 0 Å². The number of fused-ring (bicyclic) bond motifs is 1. The highest BCUT2D eigenvalue weighted by Gasteiger charge is 2.09. The van der Waals surface area contributed by atoms with Crippen molar-refractivity contribution in [2.45, 2.75) is 6.92 Å². The zero-order valence-electron chi connectivity index (χ0n) is 9.96. The molecule has 0 radical (unpaired) electrons. The van der Waals surface area contributed by atoms with E-state index in [1.54, 1.807) is 6.33 Å². The van der Waals surface area contributed by atoms with Crippen LogP contribution in [-0.2, 0) is 0 Å². The molecule has 0 N–H and O–H groups in total. The fourth-order valence-corrected chi connectivity index (χ4v) is 2.14. The predicted molar refractivity (Wildman–Crippen MR) is 70.5 cm³/mol. The van der Waals surface area contributed by atoms with Gasteiger partial charge in [-0.2, -0.15) is 5.26 Å². The summed E-state index contributed by atoms with van der Waals surface area (Å²) >= 11 is 0. The maximum Gasteiger partial charge on any atom is 0.107 e. The van der Waals surface area contributed by atoms with Gasteiger partial charge in [0.1, 0.15) is 17.9 Å². The average molecular weight is 233 g/mol. The van der Waals surface area contributed by atoms with Gasteiger partial charge in [-0.05, 0) is 36.8 Å². The van der Waals surface area contributed by atoms with E-state index >= 15 is 0 Å². The number of hydrogen-bond acceptors (Lipinski definition) is 2. The number of hydrogen-bond donors (Lipinski definition) is 0. The lowest BCUT2D eigenvalue weighted by Crippen LogP contribution is -1.92. The molecule has 0 saturated heterocycles. The number of para-hydroxylation sites is 1. The van der Waals surface area contributed by atoms with Crippen LogP contribution in [0.1, 0.15) is 11.1 Å². The minimum atomic E-state index is 0.625. The Bertz CT molecular complexity index is 748. The first-order valence-electron chi connectivity index (χ1n) is 5.73. The summed E-state index contributed by atoms with van der Waals surface area (Å²) in [7, 11) is 0. The van der Waals surface area contributed by atoms with Gasteiger partial charge in [-0.25, -0.2) is 4.98 Å². The molecule has 2 aromatic carbocycles. The maximum atomic E-state index is 9.14. The van der Waals surface area contributed by atoms with Crippen molar-refractivity contribution in [1.82, 2.24) is 9.55 Å². The van der Waals surface area contributed by atoms with Gasteiger partial charge in [-0.3, -0.25) is 4.57 Å². The Morgan fingerprint density at radius 2 is 1.94 bits per heavy atom.